The van der Waals surface area contributed by atoms with Gasteiger partial charge in [-0.2, -0.15) is 0 Å². The van der Waals surface area contributed by atoms with Crippen LogP contribution < -0.4 is 5.32 Å². The average molecular weight is 401 g/mol. The molecule has 0 radical (unpaired) electrons. The molecule has 7 heteroatoms. The van der Waals surface area contributed by atoms with Gasteiger partial charge in [-0.3, -0.25) is 14.2 Å². The van der Waals surface area contributed by atoms with Crippen molar-refractivity contribution in [1.82, 2.24) is 19.7 Å². The third-order valence-corrected chi connectivity index (χ3v) is 6.39. The molecule has 2 aliphatic heterocycles. The van der Waals surface area contributed by atoms with E-state index in [4.69, 9.17) is 0 Å². The minimum Gasteiger partial charge on any atom is -0.334 e. The molecule has 152 valence electrons. The summed E-state index contributed by atoms with van der Waals surface area (Å²) in [6.45, 7) is 2.65. The predicted molar refractivity (Wildman–Crippen MR) is 112 cm³/mol. The van der Waals surface area contributed by atoms with E-state index >= 15 is 0 Å². The molecule has 1 fully saturated rings. The molecule has 0 unspecified atom stereocenters. The van der Waals surface area contributed by atoms with Gasteiger partial charge in [-0.25, -0.2) is 0 Å². The maximum absolute atomic E-state index is 13.6. The second-order valence-electron chi connectivity index (χ2n) is 7.94. The Bertz CT molecular complexity index is 1110. The maximum atomic E-state index is 13.6. The van der Waals surface area contributed by atoms with Crippen molar-refractivity contribution in [2.45, 2.75) is 37.6 Å². The first-order chi connectivity index (χ1) is 14.6. The highest BCUT2D eigenvalue weighted by molar-refractivity contribution is 6.08. The lowest BCUT2D eigenvalue weighted by atomic mass is 9.73. The number of likely N-dealkylation sites (tertiary alicyclic amines) is 1. The third-order valence-electron chi connectivity index (χ3n) is 6.39. The van der Waals surface area contributed by atoms with Crippen LogP contribution >= 0.6 is 0 Å². The van der Waals surface area contributed by atoms with Crippen molar-refractivity contribution in [1.29, 1.82) is 0 Å². The first kappa shape index (κ1) is 18.5. The number of rotatable bonds is 4. The minimum atomic E-state index is -0.672. The SMILES string of the molecule is CCC[C@@H]1N(C(=O)c2cccc(-n3cnnc3)c2)CC[C@@]12C(=O)Nc1ccccc12. The highest BCUT2D eigenvalue weighted by atomic mass is 16.2. The summed E-state index contributed by atoms with van der Waals surface area (Å²) in [5, 5.41) is 10.7. The number of fused-ring (bicyclic) bond motifs is 2. The Balaban J connectivity index is 1.52. The van der Waals surface area contributed by atoms with Gasteiger partial charge < -0.3 is 10.2 Å². The second-order valence-corrected chi connectivity index (χ2v) is 7.94. The first-order valence-electron chi connectivity index (χ1n) is 10.3. The molecule has 1 spiro atoms. The summed E-state index contributed by atoms with van der Waals surface area (Å²) in [6.07, 6.45) is 5.52. The van der Waals surface area contributed by atoms with Crippen molar-refractivity contribution in [3.63, 3.8) is 0 Å². The van der Waals surface area contributed by atoms with Gasteiger partial charge in [-0.1, -0.05) is 37.6 Å². The third kappa shape index (κ3) is 2.65. The Hall–Kier alpha value is -3.48. The van der Waals surface area contributed by atoms with Gasteiger partial charge in [-0.05, 0) is 42.7 Å². The van der Waals surface area contributed by atoms with Crippen LogP contribution in [0.2, 0.25) is 0 Å². The minimum absolute atomic E-state index is 0.00990. The van der Waals surface area contributed by atoms with E-state index in [0.717, 1.165) is 29.8 Å². The lowest BCUT2D eigenvalue weighted by Crippen LogP contribution is -2.48. The van der Waals surface area contributed by atoms with Gasteiger partial charge in [0.1, 0.15) is 12.7 Å². The molecule has 2 aromatic carbocycles. The van der Waals surface area contributed by atoms with Crippen molar-refractivity contribution in [2.75, 3.05) is 11.9 Å². The first-order valence-corrected chi connectivity index (χ1v) is 10.3. The molecule has 2 amide bonds. The van der Waals surface area contributed by atoms with E-state index in [1.165, 1.54) is 0 Å². The molecule has 1 N–H and O–H groups in total. The van der Waals surface area contributed by atoms with Crippen molar-refractivity contribution in [2.24, 2.45) is 0 Å². The van der Waals surface area contributed by atoms with Crippen LogP contribution in [0.1, 0.15) is 42.1 Å². The van der Waals surface area contributed by atoms with Crippen molar-refractivity contribution in [3.8, 4) is 5.69 Å². The van der Waals surface area contributed by atoms with E-state index in [0.29, 0.717) is 18.5 Å². The fraction of sp³-hybridized carbons (Fsp3) is 0.304. The molecular formula is C23H23N5O2. The van der Waals surface area contributed by atoms with Crippen molar-refractivity contribution in [3.05, 3.63) is 72.3 Å². The van der Waals surface area contributed by atoms with Crippen LogP contribution in [0.4, 0.5) is 5.69 Å². The van der Waals surface area contributed by atoms with Crippen LogP contribution in [0.15, 0.2) is 61.2 Å². The zero-order valence-electron chi connectivity index (χ0n) is 16.8. The molecule has 7 nitrogen and oxygen atoms in total. The molecule has 3 aromatic rings. The maximum Gasteiger partial charge on any atom is 0.254 e. The van der Waals surface area contributed by atoms with Gasteiger partial charge >= 0.3 is 0 Å². The molecule has 3 heterocycles. The summed E-state index contributed by atoms with van der Waals surface area (Å²) >= 11 is 0. The highest BCUT2D eigenvalue weighted by Crippen LogP contribution is 2.49. The normalized spacial score (nSPS) is 22.4. The number of hydrogen-bond acceptors (Lipinski definition) is 4. The van der Waals surface area contributed by atoms with Gasteiger partial charge in [-0.15, -0.1) is 10.2 Å². The molecule has 0 saturated carbocycles. The second kappa shape index (κ2) is 7.09. The monoisotopic (exact) mass is 401 g/mol. The van der Waals surface area contributed by atoms with Crippen LogP contribution in [0, 0.1) is 0 Å². The number of carbonyl (C=O) groups excluding carboxylic acids is 2. The molecule has 1 aromatic heterocycles. The van der Waals surface area contributed by atoms with Crippen LogP contribution in [0.25, 0.3) is 5.69 Å². The average Bonchev–Trinajstić information content (AvgIpc) is 3.49. The molecule has 1 saturated heterocycles. The summed E-state index contributed by atoms with van der Waals surface area (Å²) in [7, 11) is 0. The van der Waals surface area contributed by atoms with E-state index in [1.807, 2.05) is 53.4 Å². The van der Waals surface area contributed by atoms with Gasteiger partial charge in [0.05, 0.1) is 11.5 Å². The molecule has 2 aliphatic rings. The van der Waals surface area contributed by atoms with E-state index in [1.54, 1.807) is 17.2 Å². The number of para-hydroxylation sites is 1. The Labute approximate surface area is 174 Å². The lowest BCUT2D eigenvalue weighted by Gasteiger charge is -2.34. The summed E-state index contributed by atoms with van der Waals surface area (Å²) in [6, 6.07) is 15.1. The molecular weight excluding hydrogens is 378 g/mol. The number of aromatic nitrogens is 3. The smallest absolute Gasteiger partial charge is 0.254 e. The lowest BCUT2D eigenvalue weighted by molar-refractivity contribution is -0.121. The topological polar surface area (TPSA) is 80.1 Å². The van der Waals surface area contributed by atoms with E-state index in [-0.39, 0.29) is 17.9 Å². The fourth-order valence-corrected chi connectivity index (χ4v) is 5.02. The molecule has 0 aliphatic carbocycles. The zero-order chi connectivity index (χ0) is 20.7. The van der Waals surface area contributed by atoms with Crippen LogP contribution in [0.5, 0.6) is 0 Å². The Morgan fingerprint density at radius 3 is 2.77 bits per heavy atom. The number of amides is 2. The predicted octanol–water partition coefficient (Wildman–Crippen LogP) is 3.17. The van der Waals surface area contributed by atoms with E-state index in [9.17, 15) is 9.59 Å². The van der Waals surface area contributed by atoms with Gasteiger partial charge in [0.2, 0.25) is 5.91 Å². The van der Waals surface area contributed by atoms with E-state index < -0.39 is 5.41 Å². The molecule has 5 rings (SSSR count). The zero-order valence-corrected chi connectivity index (χ0v) is 16.8. The molecule has 30 heavy (non-hydrogen) atoms. The van der Waals surface area contributed by atoms with Gasteiger partial charge in [0.25, 0.3) is 5.91 Å². The summed E-state index contributed by atoms with van der Waals surface area (Å²) in [4.78, 5) is 28.7. The van der Waals surface area contributed by atoms with Crippen LogP contribution in [0.3, 0.4) is 0 Å². The quantitative estimate of drug-likeness (QED) is 0.728. The Kier molecular flexibility index (Phi) is 4.38. The van der Waals surface area contributed by atoms with Crippen molar-refractivity contribution < 1.29 is 9.59 Å². The van der Waals surface area contributed by atoms with Crippen LogP contribution in [-0.2, 0) is 10.2 Å². The number of benzene rings is 2. The van der Waals surface area contributed by atoms with Gasteiger partial charge in [0.15, 0.2) is 0 Å². The standard InChI is InChI=1S/C23H23N5O2/c1-2-6-20-23(18-9-3-4-10-19(18)26-22(23)30)11-12-28(20)21(29)16-7-5-8-17(13-16)27-14-24-25-15-27/h3-5,7-10,13-15,20H,2,6,11-12H2,1H3,(H,26,30)/t20-,23-/m0/s1. The molecule has 0 bridgehead atoms. The fourth-order valence-electron chi connectivity index (χ4n) is 5.02. The number of anilines is 1. The number of carbonyl (C=O) groups is 2. The summed E-state index contributed by atoms with van der Waals surface area (Å²) < 4.78 is 1.77. The summed E-state index contributed by atoms with van der Waals surface area (Å²) in [5.74, 6) is -0.0341. The van der Waals surface area contributed by atoms with Gasteiger partial charge in [0, 0.05) is 23.5 Å². The van der Waals surface area contributed by atoms with Crippen LogP contribution in [-0.4, -0.2) is 44.1 Å². The van der Waals surface area contributed by atoms with Crippen molar-refractivity contribution >= 4 is 17.5 Å². The van der Waals surface area contributed by atoms with E-state index in [2.05, 4.69) is 22.4 Å². The molecule has 2 atom stereocenters. The largest absolute Gasteiger partial charge is 0.334 e. The number of hydrogen-bond donors (Lipinski definition) is 1. The Morgan fingerprint density at radius 1 is 1.17 bits per heavy atom. The summed E-state index contributed by atoms with van der Waals surface area (Å²) in [5.41, 5.74) is 2.64. The Morgan fingerprint density at radius 2 is 1.97 bits per heavy atom. The number of nitrogens with zero attached hydrogens (tertiary/aromatic N) is 4. The highest BCUT2D eigenvalue weighted by Gasteiger charge is 2.58. The number of nitrogens with one attached hydrogen (secondary N) is 1.